The van der Waals surface area contributed by atoms with Crippen molar-refractivity contribution >= 4 is 36.4 Å². The highest BCUT2D eigenvalue weighted by Crippen LogP contribution is 2.40. The Hall–Kier alpha value is -4.47. The fourth-order valence-electron chi connectivity index (χ4n) is 9.27. The summed E-state index contributed by atoms with van der Waals surface area (Å²) in [6, 6.07) is 22.1. The third-order valence-electron chi connectivity index (χ3n) is 12.2. The summed E-state index contributed by atoms with van der Waals surface area (Å²) in [5.41, 5.74) is 1.69. The number of ether oxygens (including phenoxy) is 1. The molecule has 2 atom stereocenters. The number of alkyl halides is 3. The fraction of sp³-hybridized carbons (Fsp3) is 0.545. The highest BCUT2D eigenvalue weighted by molar-refractivity contribution is 6.99. The number of hydrogen-bond donors (Lipinski definition) is 0. The molecular formula is C44H59F3N8O3Si. The van der Waals surface area contributed by atoms with Crippen molar-refractivity contribution in [2.45, 2.75) is 96.1 Å². The topological polar surface area (TPSA) is 92.1 Å². The SMILES string of the molecule is Cc1cnn(C)c1C1CCN(c2cc(N3CC(N4CCN(C(=O)OC(C)(C)C)CC4)C3CO[Si](c3ccccc3)(c3ccccc3)C(C)(C)C)nc(C(F)(F)F)n2)CC1. The van der Waals surface area contributed by atoms with Crippen molar-refractivity contribution in [3.8, 4) is 0 Å². The van der Waals surface area contributed by atoms with Crippen LogP contribution in [0, 0.1) is 6.92 Å². The lowest BCUT2D eigenvalue weighted by atomic mass is 9.91. The van der Waals surface area contributed by atoms with Crippen LogP contribution >= 0.6 is 0 Å². The molecule has 0 radical (unpaired) electrons. The van der Waals surface area contributed by atoms with Crippen LogP contribution in [-0.2, 0) is 22.4 Å². The zero-order valence-electron chi connectivity index (χ0n) is 35.7. The van der Waals surface area contributed by atoms with Gasteiger partial charge in [0, 0.05) is 76.6 Å². The summed E-state index contributed by atoms with van der Waals surface area (Å²) in [5, 5.41) is 6.37. The quantitative estimate of drug-likeness (QED) is 0.173. The molecule has 0 saturated carbocycles. The average molecular weight is 833 g/mol. The van der Waals surface area contributed by atoms with Gasteiger partial charge in [-0.2, -0.15) is 18.3 Å². The van der Waals surface area contributed by atoms with Gasteiger partial charge in [-0.3, -0.25) is 9.58 Å². The standard InChI is InChI=1S/C44H59F3N8O3Si/c1-31-28-48-51(8)39(31)32-19-21-53(22-20-32)37-27-38(50-40(49-37)44(45,46)47)55-29-35(52-23-25-54(26-24-52)41(56)58-42(2,3)4)36(55)30-57-59(43(5,6)7,33-15-11-9-12-16-33)34-17-13-10-14-18-34/h9-18,27-28,32,35-36H,19-26,29-30H2,1-8H3. The number of anilines is 2. The van der Waals surface area contributed by atoms with Crippen molar-refractivity contribution < 1.29 is 27.1 Å². The molecule has 0 aliphatic carbocycles. The van der Waals surface area contributed by atoms with Gasteiger partial charge < -0.3 is 23.9 Å². The van der Waals surface area contributed by atoms with Crippen LogP contribution in [0.5, 0.6) is 0 Å². The summed E-state index contributed by atoms with van der Waals surface area (Å²) < 4.78 is 59.1. The number of piperidine rings is 1. The molecule has 15 heteroatoms. The van der Waals surface area contributed by atoms with Crippen LogP contribution in [0.1, 0.15) is 77.4 Å². The van der Waals surface area contributed by atoms with Crippen molar-refractivity contribution in [1.82, 2.24) is 29.5 Å². The van der Waals surface area contributed by atoms with E-state index in [-0.39, 0.29) is 47.4 Å². The molecule has 7 rings (SSSR count). The monoisotopic (exact) mass is 832 g/mol. The van der Waals surface area contributed by atoms with Gasteiger partial charge in [-0.05, 0) is 61.5 Å². The van der Waals surface area contributed by atoms with E-state index in [1.807, 2.05) is 84.9 Å². The van der Waals surface area contributed by atoms with Gasteiger partial charge in [-0.1, -0.05) is 81.4 Å². The summed E-state index contributed by atoms with van der Waals surface area (Å²) in [4.78, 5) is 29.4. The number of aryl methyl sites for hydroxylation is 2. The van der Waals surface area contributed by atoms with Crippen LogP contribution in [0.25, 0.3) is 0 Å². The molecule has 3 aliphatic heterocycles. The zero-order valence-corrected chi connectivity index (χ0v) is 36.7. The Kier molecular flexibility index (Phi) is 11.9. The molecule has 2 unspecified atom stereocenters. The minimum absolute atomic E-state index is 0.0559. The maximum absolute atomic E-state index is 14.7. The smallest absolute Gasteiger partial charge is 0.444 e. The van der Waals surface area contributed by atoms with Gasteiger partial charge in [-0.25, -0.2) is 14.8 Å². The minimum Gasteiger partial charge on any atom is -0.444 e. The lowest BCUT2D eigenvalue weighted by Gasteiger charge is -2.55. The summed E-state index contributed by atoms with van der Waals surface area (Å²) in [6.45, 7) is 18.3. The van der Waals surface area contributed by atoms with E-state index in [4.69, 9.17) is 9.16 Å². The van der Waals surface area contributed by atoms with Crippen molar-refractivity contribution in [2.75, 3.05) is 62.2 Å². The first-order valence-corrected chi connectivity index (χ1v) is 22.7. The lowest BCUT2D eigenvalue weighted by Crippen LogP contribution is -2.73. The third-order valence-corrected chi connectivity index (χ3v) is 17.2. The van der Waals surface area contributed by atoms with E-state index < -0.39 is 25.9 Å². The Morgan fingerprint density at radius 2 is 1.41 bits per heavy atom. The Morgan fingerprint density at radius 1 is 0.831 bits per heavy atom. The highest BCUT2D eigenvalue weighted by Gasteiger charge is 2.53. The predicted octanol–water partition coefficient (Wildman–Crippen LogP) is 6.61. The molecule has 4 aromatic rings. The number of carbonyl (C=O) groups excluding carboxylic acids is 1. The number of piperazine rings is 1. The number of halogens is 3. The molecule has 3 saturated heterocycles. The van der Waals surface area contributed by atoms with Gasteiger partial charge in [0.1, 0.15) is 17.2 Å². The van der Waals surface area contributed by atoms with Gasteiger partial charge in [0.05, 0.1) is 18.8 Å². The largest absolute Gasteiger partial charge is 0.451 e. The number of amides is 1. The molecule has 3 aliphatic rings. The number of benzene rings is 2. The molecule has 318 valence electrons. The second-order valence-electron chi connectivity index (χ2n) is 18.3. The van der Waals surface area contributed by atoms with Crippen LogP contribution < -0.4 is 20.2 Å². The summed E-state index contributed by atoms with van der Waals surface area (Å²) >= 11 is 0. The van der Waals surface area contributed by atoms with Gasteiger partial charge >= 0.3 is 12.3 Å². The maximum Gasteiger partial charge on any atom is 0.451 e. The van der Waals surface area contributed by atoms with Crippen molar-refractivity contribution in [3.63, 3.8) is 0 Å². The normalized spacial score (nSPS) is 20.2. The fourth-order valence-corrected chi connectivity index (χ4v) is 13.8. The Bertz CT molecular complexity index is 2000. The summed E-state index contributed by atoms with van der Waals surface area (Å²) in [5.74, 6) is -0.358. The number of aromatic nitrogens is 4. The van der Waals surface area contributed by atoms with Crippen LogP contribution in [-0.4, -0.2) is 114 Å². The molecule has 0 N–H and O–H groups in total. The second kappa shape index (κ2) is 16.5. The van der Waals surface area contributed by atoms with E-state index in [1.54, 1.807) is 11.0 Å². The Balaban J connectivity index is 1.21. The second-order valence-corrected chi connectivity index (χ2v) is 22.6. The molecule has 2 aromatic carbocycles. The van der Waals surface area contributed by atoms with Gasteiger partial charge in [-0.15, -0.1) is 0 Å². The first kappa shape index (κ1) is 42.6. The van der Waals surface area contributed by atoms with Crippen molar-refractivity contribution in [2.24, 2.45) is 7.05 Å². The first-order valence-electron chi connectivity index (χ1n) is 20.8. The van der Waals surface area contributed by atoms with Gasteiger partial charge in [0.2, 0.25) is 5.82 Å². The van der Waals surface area contributed by atoms with Crippen LogP contribution in [0.3, 0.4) is 0 Å². The van der Waals surface area contributed by atoms with E-state index in [9.17, 15) is 18.0 Å². The molecule has 11 nitrogen and oxygen atoms in total. The zero-order chi connectivity index (χ0) is 42.3. The van der Waals surface area contributed by atoms with Crippen LogP contribution in [0.2, 0.25) is 5.04 Å². The molecule has 3 fully saturated rings. The number of nitrogens with zero attached hydrogens (tertiary/aromatic N) is 8. The number of carbonyl (C=O) groups is 1. The van der Waals surface area contributed by atoms with E-state index in [2.05, 4.69) is 71.9 Å². The minimum atomic E-state index is -4.74. The summed E-state index contributed by atoms with van der Waals surface area (Å²) in [6.07, 6.45) is -1.67. The third kappa shape index (κ3) is 8.88. The van der Waals surface area contributed by atoms with Gasteiger partial charge in [0.25, 0.3) is 8.32 Å². The van der Waals surface area contributed by atoms with Gasteiger partial charge in [0.15, 0.2) is 0 Å². The van der Waals surface area contributed by atoms with Crippen LogP contribution in [0.4, 0.5) is 29.6 Å². The Labute approximate surface area is 347 Å². The molecular weight excluding hydrogens is 774 g/mol. The number of rotatable bonds is 9. The van der Waals surface area contributed by atoms with E-state index in [0.717, 1.165) is 28.8 Å². The molecule has 1 amide bonds. The first-order chi connectivity index (χ1) is 27.9. The maximum atomic E-state index is 14.7. The lowest BCUT2D eigenvalue weighted by molar-refractivity contribution is -0.144. The summed E-state index contributed by atoms with van der Waals surface area (Å²) in [7, 11) is -1.07. The molecule has 0 spiro atoms. The predicted molar refractivity (Wildman–Crippen MR) is 227 cm³/mol. The molecule has 5 heterocycles. The average Bonchev–Trinajstić information content (AvgIpc) is 3.52. The number of hydrogen-bond acceptors (Lipinski definition) is 9. The highest BCUT2D eigenvalue weighted by atomic mass is 28.4. The van der Waals surface area contributed by atoms with Crippen LogP contribution in [0.15, 0.2) is 72.9 Å². The molecule has 0 bridgehead atoms. The Morgan fingerprint density at radius 3 is 1.92 bits per heavy atom. The van der Waals surface area contributed by atoms with Crippen molar-refractivity contribution in [3.05, 3.63) is 90.0 Å². The van der Waals surface area contributed by atoms with E-state index in [0.29, 0.717) is 45.8 Å². The molecule has 59 heavy (non-hydrogen) atoms. The van der Waals surface area contributed by atoms with Crippen molar-refractivity contribution in [1.29, 1.82) is 0 Å². The van der Waals surface area contributed by atoms with E-state index >= 15 is 0 Å². The molecule has 2 aromatic heterocycles. The van der Waals surface area contributed by atoms with E-state index in [1.165, 1.54) is 5.69 Å².